The quantitative estimate of drug-likeness (QED) is 0.720. The zero-order chi connectivity index (χ0) is 16.2. The molecule has 0 spiro atoms. The first-order valence-corrected chi connectivity index (χ1v) is 6.86. The van der Waals surface area contributed by atoms with Gasteiger partial charge in [0.1, 0.15) is 0 Å². The van der Waals surface area contributed by atoms with Gasteiger partial charge in [-0.1, -0.05) is 18.2 Å². The lowest BCUT2D eigenvalue weighted by Gasteiger charge is -2.16. The molecule has 2 aromatic rings. The molecular formula is C17H16F3NO. The molecule has 0 aliphatic carbocycles. The van der Waals surface area contributed by atoms with Crippen LogP contribution in [0.25, 0.3) is 0 Å². The van der Waals surface area contributed by atoms with Crippen LogP contribution in [0.4, 0.5) is 13.2 Å². The largest absolute Gasteiger partial charge is 0.416 e. The predicted molar refractivity (Wildman–Crippen MR) is 78.7 cm³/mol. The highest BCUT2D eigenvalue weighted by Gasteiger charge is 2.30. The molecule has 1 unspecified atom stereocenters. The van der Waals surface area contributed by atoms with Crippen molar-refractivity contribution in [1.29, 1.82) is 0 Å². The van der Waals surface area contributed by atoms with Crippen LogP contribution in [0, 0.1) is 0 Å². The smallest absolute Gasteiger partial charge is 0.295 e. The van der Waals surface area contributed by atoms with Crippen LogP contribution in [0.5, 0.6) is 0 Å². The van der Waals surface area contributed by atoms with Gasteiger partial charge in [0.15, 0.2) is 0 Å². The Morgan fingerprint density at radius 3 is 2.27 bits per heavy atom. The summed E-state index contributed by atoms with van der Waals surface area (Å²) in [7, 11) is 0. The van der Waals surface area contributed by atoms with E-state index in [0.29, 0.717) is 12.0 Å². The fourth-order valence-electron chi connectivity index (χ4n) is 2.30. The van der Waals surface area contributed by atoms with Crippen LogP contribution in [0.1, 0.15) is 34.7 Å². The number of hydrogen-bond donors (Lipinski definition) is 0. The van der Waals surface area contributed by atoms with Crippen molar-refractivity contribution in [3.63, 3.8) is 0 Å². The number of carbonyl (C=O) groups is 1. The van der Waals surface area contributed by atoms with Crippen LogP contribution in [0.2, 0.25) is 0 Å². The molecule has 116 valence electrons. The lowest BCUT2D eigenvalue weighted by atomic mass is 9.91. The minimum atomic E-state index is -4.35. The van der Waals surface area contributed by atoms with E-state index >= 15 is 0 Å². The summed E-state index contributed by atoms with van der Waals surface area (Å²) in [5, 5.41) is 0. The summed E-state index contributed by atoms with van der Waals surface area (Å²) in [5.41, 5.74) is 0.0127. The molecule has 0 amide bonds. The van der Waals surface area contributed by atoms with E-state index in [1.807, 2.05) is 0 Å². The highest BCUT2D eigenvalue weighted by Crippen LogP contribution is 2.31. The zero-order valence-corrected chi connectivity index (χ0v) is 11.9. The van der Waals surface area contributed by atoms with Gasteiger partial charge in [-0.05, 0) is 42.2 Å². The van der Waals surface area contributed by atoms with Gasteiger partial charge in [0.05, 0.1) is 5.56 Å². The molecule has 1 aromatic carbocycles. The van der Waals surface area contributed by atoms with E-state index in [-0.39, 0.29) is 18.2 Å². The van der Waals surface area contributed by atoms with Crippen LogP contribution in [-0.2, 0) is 6.18 Å². The number of aromatic nitrogens is 1. The molecule has 2 nitrogen and oxygen atoms in total. The molecule has 0 radical (unpaired) electrons. The highest BCUT2D eigenvalue weighted by molar-refractivity contribution is 5.79. The first-order valence-electron chi connectivity index (χ1n) is 6.86. The van der Waals surface area contributed by atoms with Gasteiger partial charge in [-0.3, -0.25) is 9.36 Å². The summed E-state index contributed by atoms with van der Waals surface area (Å²) in [4.78, 5) is 12.1. The van der Waals surface area contributed by atoms with E-state index in [4.69, 9.17) is 0 Å². The molecular weight excluding hydrogens is 291 g/mol. The zero-order valence-electron chi connectivity index (χ0n) is 11.9. The highest BCUT2D eigenvalue weighted by atomic mass is 19.4. The van der Waals surface area contributed by atoms with Gasteiger partial charge in [-0.15, -0.1) is 6.58 Å². The average molecular weight is 307 g/mol. The molecule has 0 saturated carbocycles. The van der Waals surface area contributed by atoms with Crippen LogP contribution in [-0.4, -0.2) is 10.5 Å². The lowest BCUT2D eigenvalue weighted by molar-refractivity contribution is -0.137. The van der Waals surface area contributed by atoms with Crippen LogP contribution in [0.15, 0.2) is 61.4 Å². The molecule has 2 rings (SSSR count). The molecule has 0 N–H and O–H groups in total. The SMILES string of the molecule is C=CCC(CC(=O)n1cccc1)c1ccc(C(F)(F)F)cc1. The normalized spacial score (nSPS) is 12.9. The monoisotopic (exact) mass is 307 g/mol. The fraction of sp³-hybridized carbons (Fsp3) is 0.235. The Kier molecular flexibility index (Phi) is 4.85. The second-order valence-electron chi connectivity index (χ2n) is 5.03. The van der Waals surface area contributed by atoms with Crippen molar-refractivity contribution in [2.45, 2.75) is 24.9 Å². The number of rotatable bonds is 5. The number of alkyl halides is 3. The lowest BCUT2D eigenvalue weighted by Crippen LogP contribution is -2.13. The number of allylic oxidation sites excluding steroid dienone is 1. The van der Waals surface area contributed by atoms with Crippen molar-refractivity contribution in [2.24, 2.45) is 0 Å². The van der Waals surface area contributed by atoms with Crippen LogP contribution < -0.4 is 0 Å². The van der Waals surface area contributed by atoms with E-state index in [9.17, 15) is 18.0 Å². The van der Waals surface area contributed by atoms with Gasteiger partial charge in [-0.25, -0.2) is 0 Å². The maximum absolute atomic E-state index is 12.6. The van der Waals surface area contributed by atoms with Gasteiger partial charge in [-0.2, -0.15) is 13.2 Å². The number of halogens is 3. The van der Waals surface area contributed by atoms with Gasteiger partial charge >= 0.3 is 6.18 Å². The number of carbonyl (C=O) groups excluding carboxylic acids is 1. The van der Waals surface area contributed by atoms with E-state index < -0.39 is 11.7 Å². The Hall–Kier alpha value is -2.30. The molecule has 5 heteroatoms. The summed E-state index contributed by atoms with van der Waals surface area (Å²) in [6.07, 6.45) is 1.36. The third kappa shape index (κ3) is 3.87. The number of benzene rings is 1. The molecule has 0 aliphatic rings. The Morgan fingerprint density at radius 1 is 1.18 bits per heavy atom. The topological polar surface area (TPSA) is 22.0 Å². The second-order valence-corrected chi connectivity index (χ2v) is 5.03. The first kappa shape index (κ1) is 16.1. The predicted octanol–water partition coefficient (Wildman–Crippen LogP) is 4.90. The molecule has 1 atom stereocenters. The van der Waals surface area contributed by atoms with Gasteiger partial charge < -0.3 is 0 Å². The summed E-state index contributed by atoms with van der Waals surface area (Å²) < 4.78 is 39.2. The first-order chi connectivity index (χ1) is 10.4. The molecule has 22 heavy (non-hydrogen) atoms. The Morgan fingerprint density at radius 2 is 1.77 bits per heavy atom. The van der Waals surface area contributed by atoms with Crippen molar-refractivity contribution in [3.05, 3.63) is 72.6 Å². The van der Waals surface area contributed by atoms with Crippen molar-refractivity contribution >= 4 is 5.91 Å². The van der Waals surface area contributed by atoms with Crippen molar-refractivity contribution < 1.29 is 18.0 Å². The number of hydrogen-bond acceptors (Lipinski definition) is 1. The molecule has 1 aromatic heterocycles. The Labute approximate surface area is 126 Å². The fourth-order valence-corrected chi connectivity index (χ4v) is 2.30. The minimum Gasteiger partial charge on any atom is -0.295 e. The third-order valence-corrected chi connectivity index (χ3v) is 3.47. The Bertz CT molecular complexity index is 627. The van der Waals surface area contributed by atoms with Crippen molar-refractivity contribution in [2.75, 3.05) is 0 Å². The standard InChI is InChI=1S/C17H16F3NO/c1-2-5-14(12-16(22)21-10-3-4-11-21)13-6-8-15(9-7-13)17(18,19)20/h2-4,6-11,14H,1,5,12H2. The molecule has 1 heterocycles. The minimum absolute atomic E-state index is 0.100. The average Bonchev–Trinajstić information content (AvgIpc) is 3.00. The van der Waals surface area contributed by atoms with Gasteiger partial charge in [0.2, 0.25) is 5.91 Å². The molecule has 0 bridgehead atoms. The molecule has 0 saturated heterocycles. The second kappa shape index (κ2) is 6.64. The van der Waals surface area contributed by atoms with E-state index in [0.717, 1.165) is 12.1 Å². The van der Waals surface area contributed by atoms with Crippen LogP contribution in [0.3, 0.4) is 0 Å². The summed E-state index contributed by atoms with van der Waals surface area (Å²) >= 11 is 0. The van der Waals surface area contributed by atoms with Crippen LogP contribution >= 0.6 is 0 Å². The molecule has 0 fully saturated rings. The number of nitrogens with zero attached hydrogens (tertiary/aromatic N) is 1. The summed E-state index contributed by atoms with van der Waals surface area (Å²) in [6, 6.07) is 8.45. The summed E-state index contributed by atoms with van der Waals surface area (Å²) in [5.74, 6) is -0.286. The third-order valence-electron chi connectivity index (χ3n) is 3.47. The van der Waals surface area contributed by atoms with Crippen molar-refractivity contribution in [1.82, 2.24) is 4.57 Å². The van der Waals surface area contributed by atoms with Gasteiger partial charge in [0.25, 0.3) is 0 Å². The van der Waals surface area contributed by atoms with E-state index in [1.165, 1.54) is 16.7 Å². The maximum Gasteiger partial charge on any atom is 0.416 e. The Balaban J connectivity index is 2.17. The van der Waals surface area contributed by atoms with E-state index in [1.54, 1.807) is 30.6 Å². The van der Waals surface area contributed by atoms with Gasteiger partial charge in [0, 0.05) is 18.8 Å². The van der Waals surface area contributed by atoms with E-state index in [2.05, 4.69) is 6.58 Å². The maximum atomic E-state index is 12.6. The summed E-state index contributed by atoms with van der Waals surface area (Å²) in [6.45, 7) is 3.65. The van der Waals surface area contributed by atoms with Crippen molar-refractivity contribution in [3.8, 4) is 0 Å². The molecule has 0 aliphatic heterocycles.